The van der Waals surface area contributed by atoms with E-state index in [2.05, 4.69) is 31.9 Å². The molecular formula is C20H28N4O. The van der Waals surface area contributed by atoms with E-state index in [9.17, 15) is 5.11 Å². The Morgan fingerprint density at radius 3 is 2.76 bits per heavy atom. The summed E-state index contributed by atoms with van der Waals surface area (Å²) in [5.41, 5.74) is 3.24. The van der Waals surface area contributed by atoms with Crippen molar-refractivity contribution in [3.63, 3.8) is 0 Å². The molecular weight excluding hydrogens is 312 g/mol. The predicted molar refractivity (Wildman–Crippen MR) is 99.3 cm³/mol. The van der Waals surface area contributed by atoms with Gasteiger partial charge in [0.05, 0.1) is 11.0 Å². The van der Waals surface area contributed by atoms with Crippen molar-refractivity contribution < 1.29 is 5.11 Å². The number of rotatable bonds is 5. The van der Waals surface area contributed by atoms with Gasteiger partial charge in [-0.05, 0) is 30.9 Å². The van der Waals surface area contributed by atoms with Crippen LogP contribution >= 0.6 is 0 Å². The molecule has 4 rings (SSSR count). The number of fused-ring (bicyclic) bond motifs is 1. The maximum Gasteiger partial charge on any atom is 0.0931 e. The molecule has 25 heavy (non-hydrogen) atoms. The Kier molecular flexibility index (Phi) is 5.25. The molecule has 1 saturated heterocycles. The first kappa shape index (κ1) is 16.9. The molecule has 2 heterocycles. The van der Waals surface area contributed by atoms with Crippen LogP contribution in [0.5, 0.6) is 0 Å². The zero-order chi connectivity index (χ0) is 17.1. The highest BCUT2D eigenvalue weighted by atomic mass is 16.3. The van der Waals surface area contributed by atoms with Gasteiger partial charge in [0.2, 0.25) is 0 Å². The Labute approximate surface area is 149 Å². The topological polar surface area (TPSA) is 52.5 Å². The monoisotopic (exact) mass is 340 g/mol. The molecule has 2 fully saturated rings. The second-order valence-electron chi connectivity index (χ2n) is 7.42. The van der Waals surface area contributed by atoms with Gasteiger partial charge in [-0.2, -0.15) is 0 Å². The van der Waals surface area contributed by atoms with Gasteiger partial charge >= 0.3 is 0 Å². The van der Waals surface area contributed by atoms with Crippen LogP contribution in [0.2, 0.25) is 0 Å². The van der Waals surface area contributed by atoms with Crippen LogP contribution in [0.1, 0.15) is 37.7 Å². The first-order valence-corrected chi connectivity index (χ1v) is 9.63. The molecule has 1 aliphatic heterocycles. The summed E-state index contributed by atoms with van der Waals surface area (Å²) in [5.74, 6) is 0. The quantitative estimate of drug-likeness (QED) is 0.906. The van der Waals surface area contributed by atoms with E-state index in [0.29, 0.717) is 6.04 Å². The Morgan fingerprint density at radius 1 is 1.08 bits per heavy atom. The van der Waals surface area contributed by atoms with Crippen LogP contribution in [-0.4, -0.2) is 63.2 Å². The standard InChI is InChI=1S/C20H28N4O/c25-13-8-18-15-23(11-12-24(18)17-5-1-2-6-17)14-16-4-3-7-19-20(16)22-10-9-21-19/h3-4,7,9-10,17-18,25H,1-2,5-6,8,11-15H2/t18-/m0/s1. The molecule has 1 aliphatic carbocycles. The van der Waals surface area contributed by atoms with Gasteiger partial charge in [0.1, 0.15) is 0 Å². The van der Waals surface area contributed by atoms with Crippen molar-refractivity contribution in [3.05, 3.63) is 36.2 Å². The number of para-hydroxylation sites is 1. The Morgan fingerprint density at radius 2 is 1.92 bits per heavy atom. The number of aliphatic hydroxyl groups is 1. The summed E-state index contributed by atoms with van der Waals surface area (Å²) < 4.78 is 0. The minimum atomic E-state index is 0.279. The molecule has 1 aromatic carbocycles. The summed E-state index contributed by atoms with van der Waals surface area (Å²) in [5, 5.41) is 9.53. The molecule has 0 amide bonds. The van der Waals surface area contributed by atoms with Gasteiger partial charge in [-0.15, -0.1) is 0 Å². The largest absolute Gasteiger partial charge is 0.396 e. The number of piperazine rings is 1. The van der Waals surface area contributed by atoms with E-state index in [4.69, 9.17) is 0 Å². The van der Waals surface area contributed by atoms with Crippen LogP contribution in [0, 0.1) is 0 Å². The summed E-state index contributed by atoms with van der Waals surface area (Å²) in [4.78, 5) is 14.2. The summed E-state index contributed by atoms with van der Waals surface area (Å²) in [7, 11) is 0. The molecule has 1 atom stereocenters. The van der Waals surface area contributed by atoms with Gasteiger partial charge in [-0.1, -0.05) is 25.0 Å². The molecule has 0 radical (unpaired) electrons. The average Bonchev–Trinajstić information content (AvgIpc) is 3.17. The SMILES string of the molecule is OCC[C@H]1CN(Cc2cccc3nccnc23)CCN1C1CCCC1. The second-order valence-corrected chi connectivity index (χ2v) is 7.42. The predicted octanol–water partition coefficient (Wildman–Crippen LogP) is 2.44. The van der Waals surface area contributed by atoms with Crippen LogP contribution in [0.4, 0.5) is 0 Å². The molecule has 2 aliphatic rings. The molecule has 0 spiro atoms. The molecule has 2 aromatic rings. The zero-order valence-electron chi connectivity index (χ0n) is 14.8. The summed E-state index contributed by atoms with van der Waals surface area (Å²) >= 11 is 0. The molecule has 5 nitrogen and oxygen atoms in total. The van der Waals surface area contributed by atoms with Gasteiger partial charge in [0.25, 0.3) is 0 Å². The lowest BCUT2D eigenvalue weighted by Crippen LogP contribution is -2.56. The Bertz CT molecular complexity index is 696. The molecule has 1 saturated carbocycles. The number of hydrogen-bond donors (Lipinski definition) is 1. The third-order valence-corrected chi connectivity index (χ3v) is 5.84. The normalized spacial score (nSPS) is 23.5. The van der Waals surface area contributed by atoms with E-state index in [1.807, 2.05) is 6.07 Å². The number of benzene rings is 1. The third kappa shape index (κ3) is 3.68. The van der Waals surface area contributed by atoms with Gasteiger partial charge in [-0.3, -0.25) is 19.8 Å². The first-order chi connectivity index (χ1) is 12.3. The average molecular weight is 340 g/mol. The fourth-order valence-corrected chi connectivity index (χ4v) is 4.62. The van der Waals surface area contributed by atoms with Crippen LogP contribution < -0.4 is 0 Å². The van der Waals surface area contributed by atoms with Gasteiger partial charge in [0, 0.05) is 57.3 Å². The summed E-state index contributed by atoms with van der Waals surface area (Å²) in [6.45, 7) is 4.44. The van der Waals surface area contributed by atoms with E-state index in [1.165, 1.54) is 31.2 Å². The summed E-state index contributed by atoms with van der Waals surface area (Å²) in [6.07, 6.45) is 9.81. The van der Waals surface area contributed by atoms with Crippen LogP contribution in [-0.2, 0) is 6.54 Å². The highest BCUT2D eigenvalue weighted by Gasteiger charge is 2.33. The molecule has 1 aromatic heterocycles. The molecule has 0 bridgehead atoms. The maximum absolute atomic E-state index is 9.53. The minimum Gasteiger partial charge on any atom is -0.396 e. The number of hydrogen-bond acceptors (Lipinski definition) is 5. The Hall–Kier alpha value is -1.56. The van der Waals surface area contributed by atoms with Crippen molar-refractivity contribution in [2.45, 2.75) is 50.7 Å². The molecule has 1 N–H and O–H groups in total. The Balaban J connectivity index is 1.48. The van der Waals surface area contributed by atoms with Gasteiger partial charge in [-0.25, -0.2) is 0 Å². The smallest absolute Gasteiger partial charge is 0.0931 e. The lowest BCUT2D eigenvalue weighted by molar-refractivity contribution is 0.0269. The summed E-state index contributed by atoms with van der Waals surface area (Å²) in [6, 6.07) is 7.48. The second kappa shape index (κ2) is 7.77. The molecule has 0 unspecified atom stereocenters. The van der Waals surface area contributed by atoms with Crippen LogP contribution in [0.3, 0.4) is 0 Å². The molecule has 5 heteroatoms. The van der Waals surface area contributed by atoms with Gasteiger partial charge in [0.15, 0.2) is 0 Å². The lowest BCUT2D eigenvalue weighted by atomic mass is 10.0. The van der Waals surface area contributed by atoms with E-state index >= 15 is 0 Å². The minimum absolute atomic E-state index is 0.279. The van der Waals surface area contributed by atoms with Crippen molar-refractivity contribution in [2.24, 2.45) is 0 Å². The first-order valence-electron chi connectivity index (χ1n) is 9.63. The van der Waals surface area contributed by atoms with Crippen molar-refractivity contribution in [1.82, 2.24) is 19.8 Å². The lowest BCUT2D eigenvalue weighted by Gasteiger charge is -2.44. The number of aliphatic hydroxyl groups excluding tert-OH is 1. The fraction of sp³-hybridized carbons (Fsp3) is 0.600. The van der Waals surface area contributed by atoms with Crippen molar-refractivity contribution >= 4 is 11.0 Å². The van der Waals surface area contributed by atoms with E-state index in [0.717, 1.165) is 49.7 Å². The number of nitrogens with zero attached hydrogens (tertiary/aromatic N) is 4. The van der Waals surface area contributed by atoms with Crippen molar-refractivity contribution in [2.75, 3.05) is 26.2 Å². The molecule has 134 valence electrons. The van der Waals surface area contributed by atoms with Crippen LogP contribution in [0.15, 0.2) is 30.6 Å². The van der Waals surface area contributed by atoms with Crippen molar-refractivity contribution in [1.29, 1.82) is 0 Å². The zero-order valence-corrected chi connectivity index (χ0v) is 14.8. The maximum atomic E-state index is 9.53. The van der Waals surface area contributed by atoms with Gasteiger partial charge < -0.3 is 5.11 Å². The van der Waals surface area contributed by atoms with Crippen LogP contribution in [0.25, 0.3) is 11.0 Å². The van der Waals surface area contributed by atoms with E-state index in [-0.39, 0.29) is 6.61 Å². The number of aromatic nitrogens is 2. The third-order valence-electron chi connectivity index (χ3n) is 5.84. The highest BCUT2D eigenvalue weighted by Crippen LogP contribution is 2.28. The van der Waals surface area contributed by atoms with E-state index in [1.54, 1.807) is 12.4 Å². The van der Waals surface area contributed by atoms with E-state index < -0.39 is 0 Å². The highest BCUT2D eigenvalue weighted by molar-refractivity contribution is 5.77. The fourth-order valence-electron chi connectivity index (χ4n) is 4.62. The van der Waals surface area contributed by atoms with Crippen molar-refractivity contribution in [3.8, 4) is 0 Å².